The molecule has 15 heavy (non-hydrogen) atoms. The van der Waals surface area contributed by atoms with Crippen molar-refractivity contribution in [2.24, 2.45) is 5.92 Å². The molecule has 0 aliphatic heterocycles. The summed E-state index contributed by atoms with van der Waals surface area (Å²) in [5, 5.41) is 0. The van der Waals surface area contributed by atoms with Gasteiger partial charge in [-0.15, -0.1) is 0 Å². The summed E-state index contributed by atoms with van der Waals surface area (Å²) in [5.41, 5.74) is 0.488. The molecule has 1 aromatic carbocycles. The molecule has 0 bridgehead atoms. The minimum atomic E-state index is -0.348. The van der Waals surface area contributed by atoms with Gasteiger partial charge in [0.25, 0.3) is 0 Å². The Kier molecular flexibility index (Phi) is 3.19. The molecule has 1 fully saturated rings. The minimum absolute atomic E-state index is 0.0823. The molecular formula is C12H12BrFO. The molecule has 3 heteroatoms. The Morgan fingerprint density at radius 2 is 2.00 bits per heavy atom. The number of rotatable bonds is 2. The van der Waals surface area contributed by atoms with Crippen molar-refractivity contribution in [2.45, 2.75) is 25.7 Å². The molecule has 80 valence electrons. The van der Waals surface area contributed by atoms with E-state index in [1.54, 1.807) is 6.07 Å². The summed E-state index contributed by atoms with van der Waals surface area (Å²) in [7, 11) is 0. The number of Topliss-reactive ketones (excluding diaryl/α,β-unsaturated/α-hetero) is 1. The molecule has 0 saturated heterocycles. The number of halogens is 2. The molecule has 0 spiro atoms. The summed E-state index contributed by atoms with van der Waals surface area (Å²) in [5.74, 6) is -0.165. The summed E-state index contributed by atoms with van der Waals surface area (Å²) in [6, 6.07) is 4.28. The predicted octanol–water partition coefficient (Wildman–Crippen LogP) is 3.96. The molecule has 0 atom stereocenters. The Bertz CT molecular complexity index is 383. The van der Waals surface area contributed by atoms with E-state index in [1.807, 2.05) is 0 Å². The van der Waals surface area contributed by atoms with Gasteiger partial charge in [-0.05, 0) is 31.0 Å². The second kappa shape index (κ2) is 4.44. The van der Waals surface area contributed by atoms with Crippen LogP contribution in [0.25, 0.3) is 0 Å². The van der Waals surface area contributed by atoms with Crippen molar-refractivity contribution in [3.63, 3.8) is 0 Å². The molecule has 0 radical (unpaired) electrons. The summed E-state index contributed by atoms with van der Waals surface area (Å²) in [6.45, 7) is 0. The van der Waals surface area contributed by atoms with Gasteiger partial charge < -0.3 is 0 Å². The molecule has 2 rings (SSSR count). The lowest BCUT2D eigenvalue weighted by atomic mass is 9.96. The van der Waals surface area contributed by atoms with Crippen LogP contribution < -0.4 is 0 Å². The average Bonchev–Trinajstić information content (AvgIpc) is 2.74. The third kappa shape index (κ3) is 2.28. The van der Waals surface area contributed by atoms with Gasteiger partial charge in [-0.3, -0.25) is 4.79 Å². The van der Waals surface area contributed by atoms with Gasteiger partial charge in [-0.1, -0.05) is 28.8 Å². The maximum atomic E-state index is 13.0. The lowest BCUT2D eigenvalue weighted by Gasteiger charge is -2.09. The van der Waals surface area contributed by atoms with Gasteiger partial charge in [-0.2, -0.15) is 0 Å². The van der Waals surface area contributed by atoms with Gasteiger partial charge in [0.2, 0.25) is 0 Å². The van der Waals surface area contributed by atoms with Crippen LogP contribution in [0.1, 0.15) is 36.0 Å². The zero-order chi connectivity index (χ0) is 10.8. The Morgan fingerprint density at radius 3 is 2.67 bits per heavy atom. The molecule has 0 aromatic heterocycles. The van der Waals surface area contributed by atoms with E-state index in [0.717, 1.165) is 25.7 Å². The molecule has 1 aromatic rings. The number of carbonyl (C=O) groups excluding carboxylic acids is 1. The van der Waals surface area contributed by atoms with Crippen molar-refractivity contribution >= 4 is 21.7 Å². The van der Waals surface area contributed by atoms with Gasteiger partial charge in [0, 0.05) is 16.0 Å². The fourth-order valence-corrected chi connectivity index (χ4v) is 2.54. The Balaban J connectivity index is 2.27. The van der Waals surface area contributed by atoms with Gasteiger partial charge >= 0.3 is 0 Å². The first-order chi connectivity index (χ1) is 7.18. The molecule has 0 heterocycles. The highest BCUT2D eigenvalue weighted by atomic mass is 79.9. The van der Waals surface area contributed by atoms with Crippen LogP contribution in [0, 0.1) is 11.7 Å². The van der Waals surface area contributed by atoms with Gasteiger partial charge in [0.05, 0.1) is 0 Å². The number of hydrogen-bond donors (Lipinski definition) is 0. The fraction of sp³-hybridized carbons (Fsp3) is 0.417. The van der Waals surface area contributed by atoms with E-state index in [-0.39, 0.29) is 17.5 Å². The van der Waals surface area contributed by atoms with E-state index in [1.165, 1.54) is 12.1 Å². The predicted molar refractivity (Wildman–Crippen MR) is 60.4 cm³/mol. The third-order valence-electron chi connectivity index (χ3n) is 2.92. The number of hydrogen-bond acceptors (Lipinski definition) is 1. The molecular weight excluding hydrogens is 259 g/mol. The topological polar surface area (TPSA) is 17.1 Å². The van der Waals surface area contributed by atoms with Crippen molar-refractivity contribution in [3.8, 4) is 0 Å². The highest BCUT2D eigenvalue weighted by Crippen LogP contribution is 2.30. The third-order valence-corrected chi connectivity index (χ3v) is 3.61. The normalized spacial score (nSPS) is 16.9. The van der Waals surface area contributed by atoms with Crippen LogP contribution in [0.15, 0.2) is 22.7 Å². The Morgan fingerprint density at radius 1 is 1.33 bits per heavy atom. The largest absolute Gasteiger partial charge is 0.294 e. The fourth-order valence-electron chi connectivity index (χ4n) is 2.09. The molecule has 0 N–H and O–H groups in total. The number of ketones is 1. The van der Waals surface area contributed by atoms with Crippen molar-refractivity contribution in [1.82, 2.24) is 0 Å². The van der Waals surface area contributed by atoms with E-state index >= 15 is 0 Å². The molecule has 1 aliphatic rings. The van der Waals surface area contributed by atoms with E-state index in [9.17, 15) is 9.18 Å². The standard InChI is InChI=1S/C12H12BrFO/c13-11-6-5-9(14)7-10(11)12(15)8-3-1-2-4-8/h5-8H,1-4H2. The summed E-state index contributed by atoms with van der Waals surface area (Å²) in [6.07, 6.45) is 4.12. The van der Waals surface area contributed by atoms with E-state index in [2.05, 4.69) is 15.9 Å². The van der Waals surface area contributed by atoms with Crippen LogP contribution in [0.2, 0.25) is 0 Å². The van der Waals surface area contributed by atoms with E-state index in [4.69, 9.17) is 0 Å². The summed E-state index contributed by atoms with van der Waals surface area (Å²) in [4.78, 5) is 12.0. The highest BCUT2D eigenvalue weighted by Gasteiger charge is 2.25. The SMILES string of the molecule is O=C(c1cc(F)ccc1Br)C1CCCC1. The molecule has 1 nitrogen and oxygen atoms in total. The van der Waals surface area contributed by atoms with Crippen LogP contribution in [0.3, 0.4) is 0 Å². The zero-order valence-electron chi connectivity index (χ0n) is 8.30. The first kappa shape index (κ1) is 10.8. The lowest BCUT2D eigenvalue weighted by molar-refractivity contribution is 0.0921. The van der Waals surface area contributed by atoms with E-state index in [0.29, 0.717) is 10.0 Å². The lowest BCUT2D eigenvalue weighted by Crippen LogP contribution is -2.11. The quantitative estimate of drug-likeness (QED) is 0.744. The van der Waals surface area contributed by atoms with Crippen molar-refractivity contribution in [1.29, 1.82) is 0 Å². The molecule has 1 saturated carbocycles. The minimum Gasteiger partial charge on any atom is -0.294 e. The maximum absolute atomic E-state index is 13.0. The monoisotopic (exact) mass is 270 g/mol. The van der Waals surface area contributed by atoms with Crippen molar-refractivity contribution in [3.05, 3.63) is 34.1 Å². The average molecular weight is 271 g/mol. The zero-order valence-corrected chi connectivity index (χ0v) is 9.89. The number of carbonyl (C=O) groups is 1. The van der Waals surface area contributed by atoms with Crippen molar-refractivity contribution in [2.75, 3.05) is 0 Å². The Hall–Kier alpha value is -0.700. The first-order valence-corrected chi connectivity index (χ1v) is 5.97. The first-order valence-electron chi connectivity index (χ1n) is 5.18. The maximum Gasteiger partial charge on any atom is 0.167 e. The van der Waals surface area contributed by atoms with Crippen LogP contribution >= 0.6 is 15.9 Å². The van der Waals surface area contributed by atoms with Crippen LogP contribution in [0.5, 0.6) is 0 Å². The highest BCUT2D eigenvalue weighted by molar-refractivity contribution is 9.10. The molecule has 0 amide bonds. The van der Waals surface area contributed by atoms with Gasteiger partial charge in [0.1, 0.15) is 5.82 Å². The van der Waals surface area contributed by atoms with Crippen molar-refractivity contribution < 1.29 is 9.18 Å². The smallest absolute Gasteiger partial charge is 0.167 e. The van der Waals surface area contributed by atoms with Gasteiger partial charge in [0.15, 0.2) is 5.78 Å². The summed E-state index contributed by atoms with van der Waals surface area (Å²) >= 11 is 3.29. The molecule has 1 aliphatic carbocycles. The van der Waals surface area contributed by atoms with Gasteiger partial charge in [-0.25, -0.2) is 4.39 Å². The second-order valence-electron chi connectivity index (χ2n) is 3.97. The molecule has 0 unspecified atom stereocenters. The van der Waals surface area contributed by atoms with Crippen LogP contribution in [-0.2, 0) is 0 Å². The number of benzene rings is 1. The van der Waals surface area contributed by atoms with E-state index < -0.39 is 0 Å². The summed E-state index contributed by atoms with van der Waals surface area (Å²) < 4.78 is 13.7. The van der Waals surface area contributed by atoms with Crippen LogP contribution in [0.4, 0.5) is 4.39 Å². The van der Waals surface area contributed by atoms with Crippen LogP contribution in [-0.4, -0.2) is 5.78 Å². The second-order valence-corrected chi connectivity index (χ2v) is 4.82. The Labute approximate surface area is 96.8 Å².